The van der Waals surface area contributed by atoms with E-state index in [0.29, 0.717) is 34.9 Å². The van der Waals surface area contributed by atoms with Gasteiger partial charge >= 0.3 is 0 Å². The van der Waals surface area contributed by atoms with Crippen LogP contribution in [0, 0.1) is 13.8 Å². The zero-order chi connectivity index (χ0) is 28.5. The first-order valence-corrected chi connectivity index (χ1v) is 13.3. The average molecular weight is 528 g/mol. The van der Waals surface area contributed by atoms with Gasteiger partial charge in [-0.25, -0.2) is 0 Å². The van der Waals surface area contributed by atoms with Crippen LogP contribution in [0.1, 0.15) is 68.0 Å². The van der Waals surface area contributed by atoms with Gasteiger partial charge in [0.15, 0.2) is 0 Å². The van der Waals surface area contributed by atoms with Gasteiger partial charge in [-0.15, -0.1) is 0 Å². The number of para-hydroxylation sites is 2. The molecule has 6 nitrogen and oxygen atoms in total. The maximum atomic E-state index is 13.7. The number of ketones is 1. The summed E-state index contributed by atoms with van der Waals surface area (Å²) in [4.78, 5) is 28.9. The summed E-state index contributed by atoms with van der Waals surface area (Å²) in [5.41, 5.74) is 4.32. The molecule has 1 amide bonds. The van der Waals surface area contributed by atoms with E-state index in [9.17, 15) is 14.7 Å². The lowest BCUT2D eigenvalue weighted by atomic mass is 9.85. The minimum absolute atomic E-state index is 0.0112. The zero-order valence-corrected chi connectivity index (χ0v) is 23.8. The van der Waals surface area contributed by atoms with Gasteiger partial charge in [0.2, 0.25) is 0 Å². The highest BCUT2D eigenvalue weighted by molar-refractivity contribution is 6.52. The van der Waals surface area contributed by atoms with Gasteiger partial charge in [-0.2, -0.15) is 0 Å². The topological polar surface area (TPSA) is 76.1 Å². The molecule has 1 aliphatic rings. The van der Waals surface area contributed by atoms with Crippen LogP contribution in [0.5, 0.6) is 11.5 Å². The van der Waals surface area contributed by atoms with Crippen molar-refractivity contribution in [2.24, 2.45) is 0 Å². The second kappa shape index (κ2) is 11.0. The van der Waals surface area contributed by atoms with E-state index < -0.39 is 17.7 Å². The molecular weight excluding hydrogens is 490 g/mol. The Labute approximate surface area is 230 Å². The van der Waals surface area contributed by atoms with Gasteiger partial charge in [-0.3, -0.25) is 14.5 Å². The Hall–Kier alpha value is -4.06. The van der Waals surface area contributed by atoms with Crippen molar-refractivity contribution in [2.75, 3.05) is 18.6 Å². The molecule has 1 atom stereocenters. The van der Waals surface area contributed by atoms with Crippen LogP contribution in [-0.4, -0.2) is 30.5 Å². The van der Waals surface area contributed by atoms with Crippen molar-refractivity contribution in [3.63, 3.8) is 0 Å². The fraction of sp³-hybridized carbons (Fsp3) is 0.333. The zero-order valence-electron chi connectivity index (χ0n) is 23.8. The maximum Gasteiger partial charge on any atom is 0.300 e. The van der Waals surface area contributed by atoms with E-state index in [1.807, 2.05) is 57.2 Å². The number of carbonyl (C=O) groups is 2. The number of hydrogen-bond acceptors (Lipinski definition) is 5. The van der Waals surface area contributed by atoms with Gasteiger partial charge in [0.25, 0.3) is 11.7 Å². The molecule has 0 aliphatic carbocycles. The molecule has 1 saturated heterocycles. The first-order valence-electron chi connectivity index (χ1n) is 13.3. The number of carbonyl (C=O) groups excluding carboxylic acids is 2. The molecule has 3 aromatic rings. The number of nitrogens with zero attached hydrogens (tertiary/aromatic N) is 1. The molecule has 1 heterocycles. The Kier molecular flexibility index (Phi) is 7.86. The summed E-state index contributed by atoms with van der Waals surface area (Å²) in [7, 11) is 1.52. The molecule has 1 fully saturated rings. The minimum atomic E-state index is -0.865. The molecule has 6 heteroatoms. The lowest BCUT2D eigenvalue weighted by molar-refractivity contribution is -0.132. The number of ether oxygens (including phenoxy) is 2. The molecule has 204 valence electrons. The average Bonchev–Trinajstić information content (AvgIpc) is 3.16. The van der Waals surface area contributed by atoms with Crippen LogP contribution in [0.2, 0.25) is 0 Å². The molecule has 0 radical (unpaired) electrons. The first kappa shape index (κ1) is 28.0. The highest BCUT2D eigenvalue weighted by Gasteiger charge is 2.48. The van der Waals surface area contributed by atoms with Gasteiger partial charge in [0, 0.05) is 0 Å². The number of hydrogen-bond donors (Lipinski definition) is 1. The van der Waals surface area contributed by atoms with Gasteiger partial charge in [0.05, 0.1) is 36.6 Å². The number of benzene rings is 3. The van der Waals surface area contributed by atoms with Crippen molar-refractivity contribution >= 4 is 23.1 Å². The predicted octanol–water partition coefficient (Wildman–Crippen LogP) is 7.02. The molecule has 1 aliphatic heterocycles. The Morgan fingerprint density at radius 2 is 1.67 bits per heavy atom. The molecule has 0 spiro atoms. The van der Waals surface area contributed by atoms with Gasteiger partial charge in [0.1, 0.15) is 17.3 Å². The van der Waals surface area contributed by atoms with Crippen LogP contribution < -0.4 is 14.4 Å². The molecule has 0 bridgehead atoms. The number of aliphatic hydroxyl groups excluding tert-OH is 1. The molecule has 1 N–H and O–H groups in total. The Balaban J connectivity index is 2.00. The van der Waals surface area contributed by atoms with Crippen LogP contribution in [0.25, 0.3) is 5.76 Å². The molecule has 39 heavy (non-hydrogen) atoms. The van der Waals surface area contributed by atoms with Crippen LogP contribution in [0.3, 0.4) is 0 Å². The summed E-state index contributed by atoms with van der Waals surface area (Å²) in [6.45, 7) is 12.6. The SMILES string of the molecule is CCCOc1ccccc1N1C(=O)C(=O)/C(=C(/O)c2cc(C)cc(C)c2OC)C1c1ccc(C(C)(C)C)cc1. The fourth-order valence-corrected chi connectivity index (χ4v) is 5.10. The van der Waals surface area contributed by atoms with Crippen molar-refractivity contribution in [3.05, 3.63) is 94.1 Å². The highest BCUT2D eigenvalue weighted by Crippen LogP contribution is 2.46. The van der Waals surface area contributed by atoms with E-state index >= 15 is 0 Å². The van der Waals surface area contributed by atoms with Crippen molar-refractivity contribution in [1.82, 2.24) is 0 Å². The number of methoxy groups -OCH3 is 1. The van der Waals surface area contributed by atoms with Gasteiger partial charge in [-0.05, 0) is 66.1 Å². The summed E-state index contributed by atoms with van der Waals surface area (Å²) >= 11 is 0. The normalized spacial score (nSPS) is 17.0. The predicted molar refractivity (Wildman–Crippen MR) is 155 cm³/mol. The lowest BCUT2D eigenvalue weighted by Crippen LogP contribution is -2.30. The van der Waals surface area contributed by atoms with Crippen molar-refractivity contribution in [1.29, 1.82) is 0 Å². The second-order valence-electron chi connectivity index (χ2n) is 11.0. The standard InChI is InChI=1S/C33H37NO5/c1-8-17-39-26-12-10-9-11-25(26)34-28(22-13-15-23(16-14-22)33(4,5)6)27(30(36)32(34)37)29(35)24-19-20(2)18-21(3)31(24)38-7/h9-16,18-19,28,35H,8,17H2,1-7H3/b29-27+. The number of anilines is 1. The summed E-state index contributed by atoms with van der Waals surface area (Å²) in [5, 5.41) is 11.7. The molecule has 3 aromatic carbocycles. The third-order valence-electron chi connectivity index (χ3n) is 7.00. The molecule has 4 rings (SSSR count). The highest BCUT2D eigenvalue weighted by atomic mass is 16.5. The fourth-order valence-electron chi connectivity index (χ4n) is 5.10. The molecule has 0 saturated carbocycles. The number of aliphatic hydroxyl groups is 1. The lowest BCUT2D eigenvalue weighted by Gasteiger charge is -2.28. The third kappa shape index (κ3) is 5.29. The minimum Gasteiger partial charge on any atom is -0.507 e. The van der Waals surface area contributed by atoms with Gasteiger partial charge in [-0.1, -0.05) is 70.2 Å². The first-order chi connectivity index (χ1) is 18.5. The number of aryl methyl sites for hydroxylation is 2. The molecule has 0 aromatic heterocycles. The number of amides is 1. The summed E-state index contributed by atoms with van der Waals surface area (Å²) in [6, 6.07) is 17.9. The Morgan fingerprint density at radius 3 is 2.28 bits per heavy atom. The molecule has 1 unspecified atom stereocenters. The quantitative estimate of drug-likeness (QED) is 0.203. The largest absolute Gasteiger partial charge is 0.507 e. The maximum absolute atomic E-state index is 13.7. The van der Waals surface area contributed by atoms with E-state index in [1.165, 1.54) is 12.0 Å². The van der Waals surface area contributed by atoms with E-state index in [0.717, 1.165) is 23.1 Å². The van der Waals surface area contributed by atoms with Crippen molar-refractivity contribution < 1.29 is 24.2 Å². The van der Waals surface area contributed by atoms with Crippen LogP contribution in [0.15, 0.2) is 66.2 Å². The van der Waals surface area contributed by atoms with Crippen LogP contribution >= 0.6 is 0 Å². The van der Waals surface area contributed by atoms with E-state index in [1.54, 1.807) is 24.3 Å². The van der Waals surface area contributed by atoms with Crippen LogP contribution in [-0.2, 0) is 15.0 Å². The van der Waals surface area contributed by atoms with E-state index in [4.69, 9.17) is 9.47 Å². The second-order valence-corrected chi connectivity index (χ2v) is 11.0. The summed E-state index contributed by atoms with van der Waals surface area (Å²) < 4.78 is 11.6. The third-order valence-corrected chi connectivity index (χ3v) is 7.00. The number of rotatable bonds is 7. The summed E-state index contributed by atoms with van der Waals surface area (Å²) in [5.74, 6) is -0.795. The monoisotopic (exact) mass is 527 g/mol. The van der Waals surface area contributed by atoms with Crippen LogP contribution in [0.4, 0.5) is 5.69 Å². The van der Waals surface area contributed by atoms with Crippen molar-refractivity contribution in [3.8, 4) is 11.5 Å². The van der Waals surface area contributed by atoms with Gasteiger partial charge < -0.3 is 14.6 Å². The van der Waals surface area contributed by atoms with E-state index in [2.05, 4.69) is 20.8 Å². The molecular formula is C33H37NO5. The summed E-state index contributed by atoms with van der Waals surface area (Å²) in [6.07, 6.45) is 0.789. The van der Waals surface area contributed by atoms with E-state index in [-0.39, 0.29) is 16.7 Å². The Morgan fingerprint density at radius 1 is 1.00 bits per heavy atom. The smallest absolute Gasteiger partial charge is 0.300 e. The Bertz CT molecular complexity index is 1430. The number of Topliss-reactive ketones (excluding diaryl/α,β-unsaturated/α-hetero) is 1. The van der Waals surface area contributed by atoms with Crippen molar-refractivity contribution in [2.45, 2.75) is 59.4 Å².